The van der Waals surface area contributed by atoms with Crippen LogP contribution in [0.3, 0.4) is 0 Å². The molecule has 26 heavy (non-hydrogen) atoms. The van der Waals surface area contributed by atoms with Gasteiger partial charge in [0.25, 0.3) is 0 Å². The first-order valence-corrected chi connectivity index (χ1v) is 8.11. The second-order valence-electron chi connectivity index (χ2n) is 5.76. The number of halogens is 1. The van der Waals surface area contributed by atoms with Gasteiger partial charge in [0, 0.05) is 16.5 Å². The first-order chi connectivity index (χ1) is 12.7. The Kier molecular flexibility index (Phi) is 4.09. The summed E-state index contributed by atoms with van der Waals surface area (Å²) in [6.07, 6.45) is 0. The van der Waals surface area contributed by atoms with Crippen LogP contribution in [-0.2, 0) is 0 Å². The predicted molar refractivity (Wildman–Crippen MR) is 100 cm³/mol. The highest BCUT2D eigenvalue weighted by atomic mass is 19.1. The quantitative estimate of drug-likeness (QED) is 0.361. The van der Waals surface area contributed by atoms with Gasteiger partial charge in [-0.2, -0.15) is 0 Å². The van der Waals surface area contributed by atoms with Crippen molar-refractivity contribution >= 4 is 11.0 Å². The highest BCUT2D eigenvalue weighted by Crippen LogP contribution is 2.29. The minimum atomic E-state index is -0.489. The predicted octanol–water partition coefficient (Wildman–Crippen LogP) is 5.00. The lowest BCUT2D eigenvalue weighted by Crippen LogP contribution is -2.07. The molecule has 0 radical (unpaired) electrons. The topological polar surface area (TPSA) is 30.2 Å². The molecule has 3 aromatic carbocycles. The van der Waals surface area contributed by atoms with Crippen LogP contribution in [0.15, 0.2) is 88.1 Å². The smallest absolute Gasteiger partial charge is 0.352 e. The Labute approximate surface area is 149 Å². The van der Waals surface area contributed by atoms with Crippen molar-refractivity contribution in [2.75, 3.05) is 0 Å². The molecule has 0 atom stereocenters. The summed E-state index contributed by atoms with van der Waals surface area (Å²) >= 11 is 0. The van der Waals surface area contributed by atoms with E-state index in [1.54, 1.807) is 18.2 Å². The van der Waals surface area contributed by atoms with Crippen LogP contribution in [0.1, 0.15) is 11.1 Å². The van der Waals surface area contributed by atoms with Gasteiger partial charge in [-0.3, -0.25) is 0 Å². The zero-order valence-corrected chi connectivity index (χ0v) is 13.7. The summed E-state index contributed by atoms with van der Waals surface area (Å²) in [6, 6.07) is 22.8. The molecule has 0 amide bonds. The molecular weight excluding hydrogens is 327 g/mol. The molecule has 124 valence electrons. The Hall–Kier alpha value is -3.64. The van der Waals surface area contributed by atoms with Gasteiger partial charge >= 0.3 is 5.63 Å². The van der Waals surface area contributed by atoms with Gasteiger partial charge in [-0.05, 0) is 35.9 Å². The molecule has 0 unspecified atom stereocenters. The van der Waals surface area contributed by atoms with Crippen LogP contribution in [0.25, 0.3) is 22.1 Å². The van der Waals surface area contributed by atoms with Gasteiger partial charge in [-0.1, -0.05) is 60.4 Å². The van der Waals surface area contributed by atoms with E-state index in [9.17, 15) is 9.18 Å². The molecule has 3 heteroatoms. The number of benzene rings is 3. The average molecular weight is 340 g/mol. The Morgan fingerprint density at radius 3 is 2.23 bits per heavy atom. The molecule has 2 nitrogen and oxygen atoms in total. The average Bonchev–Trinajstić information content (AvgIpc) is 2.68. The van der Waals surface area contributed by atoms with Gasteiger partial charge in [0.2, 0.25) is 0 Å². The minimum absolute atomic E-state index is 0.291. The standard InChI is InChI=1S/C23H13FO2/c24-18-13-10-16(11-14-18)12-15-20-22(17-6-2-1-3-7-17)19-8-4-5-9-21(19)26-23(20)25/h1-11,13-14H. The van der Waals surface area contributed by atoms with Gasteiger partial charge in [-0.25, -0.2) is 9.18 Å². The van der Waals surface area contributed by atoms with Crippen molar-refractivity contribution in [2.24, 2.45) is 0 Å². The summed E-state index contributed by atoms with van der Waals surface area (Å²) in [7, 11) is 0. The van der Waals surface area contributed by atoms with Crippen LogP contribution >= 0.6 is 0 Å². The van der Waals surface area contributed by atoms with E-state index in [0.29, 0.717) is 16.7 Å². The van der Waals surface area contributed by atoms with Crippen LogP contribution < -0.4 is 5.63 Å². The number of fused-ring (bicyclic) bond motifs is 1. The lowest BCUT2D eigenvalue weighted by atomic mass is 9.97. The molecule has 0 fully saturated rings. The summed E-state index contributed by atoms with van der Waals surface area (Å²) in [5.74, 6) is 5.53. The molecule has 0 aliphatic heterocycles. The Balaban J connectivity index is 1.99. The normalized spacial score (nSPS) is 10.3. The highest BCUT2D eigenvalue weighted by molar-refractivity contribution is 5.96. The third-order valence-corrected chi connectivity index (χ3v) is 4.05. The third-order valence-electron chi connectivity index (χ3n) is 4.05. The first-order valence-electron chi connectivity index (χ1n) is 8.11. The second kappa shape index (κ2) is 6.70. The van der Waals surface area contributed by atoms with Crippen LogP contribution in [0.2, 0.25) is 0 Å². The molecule has 0 aliphatic carbocycles. The van der Waals surface area contributed by atoms with Crippen LogP contribution in [0.4, 0.5) is 4.39 Å². The van der Waals surface area contributed by atoms with Gasteiger partial charge in [-0.15, -0.1) is 0 Å². The maximum Gasteiger partial charge on any atom is 0.352 e. The lowest BCUT2D eigenvalue weighted by Gasteiger charge is -2.08. The molecule has 0 aliphatic rings. The minimum Gasteiger partial charge on any atom is -0.422 e. The van der Waals surface area contributed by atoms with E-state index < -0.39 is 5.63 Å². The second-order valence-corrected chi connectivity index (χ2v) is 5.76. The molecule has 0 spiro atoms. The summed E-state index contributed by atoms with van der Waals surface area (Å²) < 4.78 is 18.5. The third kappa shape index (κ3) is 3.01. The van der Waals surface area contributed by atoms with Crippen LogP contribution in [0, 0.1) is 17.7 Å². The maximum absolute atomic E-state index is 13.1. The fourth-order valence-corrected chi connectivity index (χ4v) is 2.84. The van der Waals surface area contributed by atoms with E-state index in [-0.39, 0.29) is 5.82 Å². The fraction of sp³-hybridized carbons (Fsp3) is 0. The van der Waals surface area contributed by atoms with E-state index in [1.807, 2.05) is 48.5 Å². The summed E-state index contributed by atoms with van der Waals surface area (Å²) in [5, 5.41) is 0.821. The SMILES string of the molecule is O=c1oc2ccccc2c(-c2ccccc2)c1C#Cc1ccc(F)cc1. The number of hydrogen-bond donors (Lipinski definition) is 0. The molecular formula is C23H13FO2. The van der Waals surface area contributed by atoms with Crippen molar-refractivity contribution in [3.63, 3.8) is 0 Å². The summed E-state index contributed by atoms with van der Waals surface area (Å²) in [4.78, 5) is 12.6. The number of hydrogen-bond acceptors (Lipinski definition) is 2. The summed E-state index contributed by atoms with van der Waals surface area (Å²) in [6.45, 7) is 0. The van der Waals surface area contributed by atoms with E-state index in [0.717, 1.165) is 16.5 Å². The first kappa shape index (κ1) is 15.9. The molecule has 0 bridgehead atoms. The van der Waals surface area contributed by atoms with Crippen LogP contribution in [0.5, 0.6) is 0 Å². The van der Waals surface area contributed by atoms with Gasteiger partial charge in [0.05, 0.1) is 0 Å². The van der Waals surface area contributed by atoms with Crippen molar-refractivity contribution in [3.8, 4) is 23.0 Å². The van der Waals surface area contributed by atoms with Crippen molar-refractivity contribution < 1.29 is 8.81 Å². The van der Waals surface area contributed by atoms with Gasteiger partial charge in [0.1, 0.15) is 17.0 Å². The fourth-order valence-electron chi connectivity index (χ4n) is 2.84. The molecule has 0 saturated heterocycles. The summed E-state index contributed by atoms with van der Waals surface area (Å²) in [5.41, 5.74) is 2.57. The molecule has 1 heterocycles. The van der Waals surface area contributed by atoms with E-state index in [1.165, 1.54) is 12.1 Å². The maximum atomic E-state index is 13.1. The molecule has 1 aromatic heterocycles. The van der Waals surface area contributed by atoms with Crippen LogP contribution in [-0.4, -0.2) is 0 Å². The van der Waals surface area contributed by atoms with Gasteiger partial charge < -0.3 is 4.42 Å². The highest BCUT2D eigenvalue weighted by Gasteiger charge is 2.14. The van der Waals surface area contributed by atoms with E-state index in [2.05, 4.69) is 11.8 Å². The van der Waals surface area contributed by atoms with E-state index >= 15 is 0 Å². The van der Waals surface area contributed by atoms with Gasteiger partial charge in [0.15, 0.2) is 0 Å². The molecule has 0 saturated carbocycles. The monoisotopic (exact) mass is 340 g/mol. The largest absolute Gasteiger partial charge is 0.422 e. The van der Waals surface area contributed by atoms with Crippen molar-refractivity contribution in [1.82, 2.24) is 0 Å². The number of para-hydroxylation sites is 1. The Morgan fingerprint density at radius 2 is 1.46 bits per heavy atom. The Bertz CT molecular complexity index is 1190. The molecule has 0 N–H and O–H groups in total. The van der Waals surface area contributed by atoms with Crippen molar-refractivity contribution in [1.29, 1.82) is 0 Å². The van der Waals surface area contributed by atoms with Crippen molar-refractivity contribution in [2.45, 2.75) is 0 Å². The molecule has 4 rings (SSSR count). The lowest BCUT2D eigenvalue weighted by molar-refractivity contribution is 0.559. The molecule has 4 aromatic rings. The van der Waals surface area contributed by atoms with E-state index in [4.69, 9.17) is 4.42 Å². The zero-order valence-electron chi connectivity index (χ0n) is 13.7. The number of rotatable bonds is 1. The Morgan fingerprint density at radius 1 is 0.769 bits per heavy atom. The van der Waals surface area contributed by atoms with Crippen molar-refractivity contribution in [3.05, 3.63) is 106 Å². The zero-order chi connectivity index (χ0) is 17.9.